The Kier molecular flexibility index (Phi) is 6.21. The van der Waals surface area contributed by atoms with E-state index in [1.807, 2.05) is 30.3 Å². The number of H-pyrrole nitrogens is 1. The number of carbonyl (C=O) groups is 2. The standard InChI is InChI=1S/C20H26N2O4/c1-12-17(14(3)23)13(2)21-18(12)20(25)26-15(4)19(24)22(5)11-16-9-7-6-8-10-16/h6-10,14-15,21,23H,11H2,1-5H3/t14-,15-/m1/s1. The van der Waals surface area contributed by atoms with Gasteiger partial charge in [0.1, 0.15) is 5.69 Å². The van der Waals surface area contributed by atoms with Crippen LogP contribution in [0.25, 0.3) is 0 Å². The summed E-state index contributed by atoms with van der Waals surface area (Å²) in [7, 11) is 1.68. The third-order valence-electron chi connectivity index (χ3n) is 4.39. The monoisotopic (exact) mass is 358 g/mol. The Morgan fingerprint density at radius 1 is 1.19 bits per heavy atom. The molecule has 6 heteroatoms. The van der Waals surface area contributed by atoms with Gasteiger partial charge in [-0.1, -0.05) is 30.3 Å². The first-order valence-electron chi connectivity index (χ1n) is 8.59. The van der Waals surface area contributed by atoms with Crippen molar-refractivity contribution in [1.82, 2.24) is 9.88 Å². The molecule has 140 valence electrons. The van der Waals surface area contributed by atoms with Crippen molar-refractivity contribution in [3.05, 3.63) is 58.4 Å². The largest absolute Gasteiger partial charge is 0.448 e. The number of hydrogen-bond acceptors (Lipinski definition) is 4. The van der Waals surface area contributed by atoms with Crippen molar-refractivity contribution in [2.45, 2.75) is 46.4 Å². The summed E-state index contributed by atoms with van der Waals surface area (Å²) >= 11 is 0. The zero-order chi connectivity index (χ0) is 19.4. The molecule has 0 saturated heterocycles. The first kappa shape index (κ1) is 19.7. The van der Waals surface area contributed by atoms with Gasteiger partial charge in [0.15, 0.2) is 6.10 Å². The summed E-state index contributed by atoms with van der Waals surface area (Å²) < 4.78 is 5.34. The molecule has 1 amide bonds. The normalized spacial score (nSPS) is 13.2. The van der Waals surface area contributed by atoms with E-state index < -0.39 is 18.2 Å². The van der Waals surface area contributed by atoms with Gasteiger partial charge in [0, 0.05) is 24.8 Å². The molecule has 0 spiro atoms. The van der Waals surface area contributed by atoms with E-state index in [9.17, 15) is 14.7 Å². The van der Waals surface area contributed by atoms with Crippen LogP contribution in [-0.4, -0.2) is 40.0 Å². The quantitative estimate of drug-likeness (QED) is 0.778. The van der Waals surface area contributed by atoms with Crippen LogP contribution in [0.15, 0.2) is 30.3 Å². The van der Waals surface area contributed by atoms with Crippen LogP contribution in [0.4, 0.5) is 0 Å². The van der Waals surface area contributed by atoms with Gasteiger partial charge in [-0.25, -0.2) is 4.79 Å². The van der Waals surface area contributed by atoms with Crippen LogP contribution in [0.3, 0.4) is 0 Å². The number of aromatic nitrogens is 1. The Labute approximate surface area is 153 Å². The van der Waals surface area contributed by atoms with Crippen LogP contribution in [0, 0.1) is 13.8 Å². The van der Waals surface area contributed by atoms with E-state index in [4.69, 9.17) is 4.74 Å². The fraction of sp³-hybridized carbons (Fsp3) is 0.400. The first-order chi connectivity index (χ1) is 12.2. The van der Waals surface area contributed by atoms with Gasteiger partial charge < -0.3 is 19.7 Å². The molecular weight excluding hydrogens is 332 g/mol. The lowest BCUT2D eigenvalue weighted by atomic mass is 10.1. The Morgan fingerprint density at radius 2 is 1.81 bits per heavy atom. The summed E-state index contributed by atoms with van der Waals surface area (Å²) in [5.74, 6) is -0.884. The Morgan fingerprint density at radius 3 is 2.35 bits per heavy atom. The third kappa shape index (κ3) is 4.32. The van der Waals surface area contributed by atoms with E-state index in [2.05, 4.69) is 4.98 Å². The van der Waals surface area contributed by atoms with Crippen molar-refractivity contribution >= 4 is 11.9 Å². The predicted molar refractivity (Wildman–Crippen MR) is 98.7 cm³/mol. The SMILES string of the molecule is Cc1[nH]c(C(=O)O[C@H](C)C(=O)N(C)Cc2ccccc2)c(C)c1[C@@H](C)O. The molecule has 2 atom stereocenters. The molecule has 0 fully saturated rings. The number of hydrogen-bond donors (Lipinski definition) is 2. The minimum Gasteiger partial charge on any atom is -0.448 e. The molecule has 0 aliphatic carbocycles. The van der Waals surface area contributed by atoms with E-state index in [-0.39, 0.29) is 11.6 Å². The summed E-state index contributed by atoms with van der Waals surface area (Å²) in [6, 6.07) is 9.60. The lowest BCUT2D eigenvalue weighted by Crippen LogP contribution is -2.37. The van der Waals surface area contributed by atoms with Crippen LogP contribution >= 0.6 is 0 Å². The summed E-state index contributed by atoms with van der Waals surface area (Å²) in [5, 5.41) is 9.83. The van der Waals surface area contributed by atoms with Gasteiger partial charge in [-0.05, 0) is 38.8 Å². The molecule has 1 aromatic heterocycles. The van der Waals surface area contributed by atoms with Gasteiger partial charge >= 0.3 is 5.97 Å². The predicted octanol–water partition coefficient (Wildman–Crippen LogP) is 2.89. The second kappa shape index (κ2) is 8.19. The zero-order valence-electron chi connectivity index (χ0n) is 15.9. The minimum atomic E-state index is -0.908. The number of aryl methyl sites for hydroxylation is 1. The summed E-state index contributed by atoms with van der Waals surface area (Å²) in [6.07, 6.45) is -1.60. The molecule has 0 bridgehead atoms. The van der Waals surface area contributed by atoms with Gasteiger partial charge in [-0.3, -0.25) is 4.79 Å². The average Bonchev–Trinajstić information content (AvgIpc) is 2.89. The Bertz CT molecular complexity index is 781. The number of ether oxygens (including phenoxy) is 1. The number of nitrogens with one attached hydrogen (secondary N) is 1. The van der Waals surface area contributed by atoms with Gasteiger partial charge in [0.05, 0.1) is 6.10 Å². The lowest BCUT2D eigenvalue weighted by Gasteiger charge is -2.21. The van der Waals surface area contributed by atoms with E-state index >= 15 is 0 Å². The molecule has 0 aliphatic rings. The number of esters is 1. The van der Waals surface area contributed by atoms with Crippen molar-refractivity contribution in [1.29, 1.82) is 0 Å². The van der Waals surface area contributed by atoms with Crippen LogP contribution < -0.4 is 0 Å². The Balaban J connectivity index is 2.04. The number of nitrogens with zero attached hydrogens (tertiary/aromatic N) is 1. The summed E-state index contributed by atoms with van der Waals surface area (Å²) in [5.41, 5.74) is 3.30. The number of aliphatic hydroxyl groups is 1. The molecule has 1 heterocycles. The number of aliphatic hydroxyl groups excluding tert-OH is 1. The second-order valence-electron chi connectivity index (χ2n) is 6.57. The molecule has 0 aliphatic heterocycles. The van der Waals surface area contributed by atoms with Crippen molar-refractivity contribution in [3.8, 4) is 0 Å². The number of benzene rings is 1. The van der Waals surface area contributed by atoms with Crippen LogP contribution in [-0.2, 0) is 16.1 Å². The highest BCUT2D eigenvalue weighted by molar-refractivity contribution is 5.92. The van der Waals surface area contributed by atoms with Crippen molar-refractivity contribution in [3.63, 3.8) is 0 Å². The fourth-order valence-corrected chi connectivity index (χ4v) is 3.11. The Hall–Kier alpha value is -2.60. The molecule has 26 heavy (non-hydrogen) atoms. The smallest absolute Gasteiger partial charge is 0.355 e. The van der Waals surface area contributed by atoms with E-state index in [0.717, 1.165) is 5.56 Å². The molecule has 1 aromatic carbocycles. The topological polar surface area (TPSA) is 82.6 Å². The zero-order valence-corrected chi connectivity index (χ0v) is 15.9. The molecule has 0 unspecified atom stereocenters. The number of carbonyl (C=O) groups excluding carboxylic acids is 2. The maximum atomic E-state index is 12.5. The van der Waals surface area contributed by atoms with Crippen molar-refractivity contribution < 1.29 is 19.4 Å². The fourth-order valence-electron chi connectivity index (χ4n) is 3.11. The van der Waals surface area contributed by atoms with Crippen LogP contribution in [0.5, 0.6) is 0 Å². The average molecular weight is 358 g/mol. The van der Waals surface area contributed by atoms with Crippen LogP contribution in [0.1, 0.15) is 52.8 Å². The molecule has 2 rings (SSSR count). The third-order valence-corrected chi connectivity index (χ3v) is 4.39. The molecule has 6 nitrogen and oxygen atoms in total. The lowest BCUT2D eigenvalue weighted by molar-refractivity contribution is -0.139. The van der Waals surface area contributed by atoms with Crippen molar-refractivity contribution in [2.24, 2.45) is 0 Å². The van der Waals surface area contributed by atoms with Gasteiger partial charge in [0.25, 0.3) is 5.91 Å². The highest BCUT2D eigenvalue weighted by atomic mass is 16.5. The highest BCUT2D eigenvalue weighted by Crippen LogP contribution is 2.25. The minimum absolute atomic E-state index is 0.267. The molecular formula is C20H26N2O4. The molecule has 2 N–H and O–H groups in total. The van der Waals surface area contributed by atoms with Gasteiger partial charge in [0.2, 0.25) is 0 Å². The summed E-state index contributed by atoms with van der Waals surface area (Å²) in [6.45, 7) is 7.17. The highest BCUT2D eigenvalue weighted by Gasteiger charge is 2.26. The van der Waals surface area contributed by atoms with E-state index in [0.29, 0.717) is 23.4 Å². The maximum absolute atomic E-state index is 12.5. The maximum Gasteiger partial charge on any atom is 0.355 e. The second-order valence-corrected chi connectivity index (χ2v) is 6.57. The first-order valence-corrected chi connectivity index (χ1v) is 8.59. The summed E-state index contributed by atoms with van der Waals surface area (Å²) in [4.78, 5) is 29.4. The van der Waals surface area contributed by atoms with E-state index in [1.54, 1.807) is 34.7 Å². The van der Waals surface area contributed by atoms with Crippen LogP contribution in [0.2, 0.25) is 0 Å². The number of likely N-dealkylation sites (N-methyl/N-ethyl adjacent to an activating group) is 1. The number of amides is 1. The van der Waals surface area contributed by atoms with Gasteiger partial charge in [-0.15, -0.1) is 0 Å². The van der Waals surface area contributed by atoms with Crippen molar-refractivity contribution in [2.75, 3.05) is 7.05 Å². The number of aromatic amines is 1. The molecule has 0 radical (unpaired) electrons. The van der Waals surface area contributed by atoms with Gasteiger partial charge in [-0.2, -0.15) is 0 Å². The number of rotatable bonds is 6. The molecule has 2 aromatic rings. The molecule has 0 saturated carbocycles. The van der Waals surface area contributed by atoms with E-state index in [1.165, 1.54) is 4.90 Å².